The van der Waals surface area contributed by atoms with Gasteiger partial charge in [-0.2, -0.15) is 0 Å². The van der Waals surface area contributed by atoms with Crippen LogP contribution in [0, 0.1) is 5.82 Å². The van der Waals surface area contributed by atoms with Gasteiger partial charge in [-0.15, -0.1) is 0 Å². The lowest BCUT2D eigenvalue weighted by Gasteiger charge is -2.12. The smallest absolute Gasteiger partial charge is 0.251 e. The Balaban J connectivity index is 2.04. The fraction of sp³-hybridized carbons (Fsp3) is 0.111. The zero-order valence-electron chi connectivity index (χ0n) is 13.6. The number of primary amides is 1. The van der Waals surface area contributed by atoms with Gasteiger partial charge in [0, 0.05) is 23.7 Å². The van der Waals surface area contributed by atoms with Gasteiger partial charge < -0.3 is 19.9 Å². The maximum Gasteiger partial charge on any atom is 0.251 e. The van der Waals surface area contributed by atoms with Crippen molar-refractivity contribution < 1.29 is 23.4 Å². The van der Waals surface area contributed by atoms with E-state index in [0.29, 0.717) is 28.2 Å². The lowest BCUT2D eigenvalue weighted by molar-refractivity contribution is 0.0996. The highest BCUT2D eigenvalue weighted by molar-refractivity contribution is 5.93. The normalized spacial score (nSPS) is 10.5. The second-order valence-electron chi connectivity index (χ2n) is 5.14. The van der Waals surface area contributed by atoms with E-state index in [9.17, 15) is 9.18 Å². The molecule has 1 amide bonds. The van der Waals surface area contributed by atoms with Crippen LogP contribution in [0.15, 0.2) is 42.6 Å². The summed E-state index contributed by atoms with van der Waals surface area (Å²) in [6.45, 7) is 0. The molecule has 0 aliphatic rings. The lowest BCUT2D eigenvalue weighted by atomic mass is 10.1. The summed E-state index contributed by atoms with van der Waals surface area (Å²) in [5, 5.41) is 0.666. The van der Waals surface area contributed by atoms with Crippen LogP contribution in [0.2, 0.25) is 0 Å². The molecule has 0 saturated carbocycles. The van der Waals surface area contributed by atoms with Crippen molar-refractivity contribution in [2.75, 3.05) is 14.2 Å². The Morgan fingerprint density at radius 2 is 1.76 bits per heavy atom. The van der Waals surface area contributed by atoms with Gasteiger partial charge >= 0.3 is 0 Å². The van der Waals surface area contributed by atoms with Crippen molar-refractivity contribution in [3.8, 4) is 23.0 Å². The molecular formula is C18H15FN2O4. The Morgan fingerprint density at radius 1 is 1.04 bits per heavy atom. The largest absolute Gasteiger partial charge is 0.493 e. The molecule has 0 radical (unpaired) electrons. The number of nitrogens with two attached hydrogens (primary N) is 1. The van der Waals surface area contributed by atoms with E-state index in [1.807, 2.05) is 0 Å². The van der Waals surface area contributed by atoms with Crippen molar-refractivity contribution in [1.82, 2.24) is 4.98 Å². The third-order valence-electron chi connectivity index (χ3n) is 3.64. The van der Waals surface area contributed by atoms with E-state index in [1.165, 1.54) is 26.4 Å². The number of fused-ring (bicyclic) bond motifs is 1. The van der Waals surface area contributed by atoms with Gasteiger partial charge in [0.25, 0.3) is 5.91 Å². The van der Waals surface area contributed by atoms with E-state index in [0.717, 1.165) is 6.07 Å². The molecule has 1 aromatic heterocycles. The van der Waals surface area contributed by atoms with Crippen molar-refractivity contribution in [2.45, 2.75) is 0 Å². The molecule has 3 rings (SSSR count). The molecule has 0 aliphatic heterocycles. The number of methoxy groups -OCH3 is 2. The summed E-state index contributed by atoms with van der Waals surface area (Å²) in [7, 11) is 3.06. The summed E-state index contributed by atoms with van der Waals surface area (Å²) in [5.74, 6) is 0.152. The van der Waals surface area contributed by atoms with Gasteiger partial charge in [0.2, 0.25) is 0 Å². The van der Waals surface area contributed by atoms with Crippen LogP contribution in [0.3, 0.4) is 0 Å². The minimum Gasteiger partial charge on any atom is -0.493 e. The first kappa shape index (κ1) is 16.5. The van der Waals surface area contributed by atoms with E-state index in [1.54, 1.807) is 24.4 Å². The predicted molar refractivity (Wildman–Crippen MR) is 89.8 cm³/mol. The Hall–Kier alpha value is -3.35. The molecule has 1 heterocycles. The van der Waals surface area contributed by atoms with Crippen molar-refractivity contribution in [2.24, 2.45) is 5.73 Å². The SMILES string of the molecule is COc1cc2nccc(Oc3ccc(C(N)=O)c(F)c3)c2cc1OC. The van der Waals surface area contributed by atoms with Gasteiger partial charge in [-0.05, 0) is 24.3 Å². The molecule has 2 N–H and O–H groups in total. The number of halogens is 1. The van der Waals surface area contributed by atoms with E-state index in [2.05, 4.69) is 4.98 Å². The number of hydrogen-bond donors (Lipinski definition) is 1. The fourth-order valence-electron chi connectivity index (χ4n) is 2.42. The summed E-state index contributed by atoms with van der Waals surface area (Å²) in [6.07, 6.45) is 1.57. The van der Waals surface area contributed by atoms with Crippen molar-refractivity contribution >= 4 is 16.8 Å². The first-order chi connectivity index (χ1) is 12.0. The average molecular weight is 342 g/mol. The van der Waals surface area contributed by atoms with Crippen LogP contribution in [0.25, 0.3) is 10.9 Å². The summed E-state index contributed by atoms with van der Waals surface area (Å²) in [4.78, 5) is 15.4. The molecule has 2 aromatic carbocycles. The van der Waals surface area contributed by atoms with Crippen LogP contribution < -0.4 is 19.9 Å². The van der Waals surface area contributed by atoms with Crippen LogP contribution in [0.4, 0.5) is 4.39 Å². The average Bonchev–Trinajstić information content (AvgIpc) is 2.60. The Kier molecular flexibility index (Phi) is 4.38. The van der Waals surface area contributed by atoms with Gasteiger partial charge in [0.15, 0.2) is 11.5 Å². The number of amides is 1. The minimum absolute atomic E-state index is 0.196. The fourth-order valence-corrected chi connectivity index (χ4v) is 2.42. The third kappa shape index (κ3) is 3.16. The number of hydrogen-bond acceptors (Lipinski definition) is 5. The Labute approximate surface area is 142 Å². The van der Waals surface area contributed by atoms with Crippen LogP contribution >= 0.6 is 0 Å². The molecular weight excluding hydrogens is 327 g/mol. The number of nitrogens with zero attached hydrogens (tertiary/aromatic N) is 1. The quantitative estimate of drug-likeness (QED) is 0.769. The highest BCUT2D eigenvalue weighted by atomic mass is 19.1. The molecule has 3 aromatic rings. The molecule has 6 nitrogen and oxygen atoms in total. The number of pyridine rings is 1. The number of carbonyl (C=O) groups excluding carboxylic acids is 1. The van der Waals surface area contributed by atoms with E-state index < -0.39 is 11.7 Å². The number of rotatable bonds is 5. The molecule has 0 saturated heterocycles. The van der Waals surface area contributed by atoms with Crippen LogP contribution in [-0.4, -0.2) is 25.1 Å². The number of ether oxygens (including phenoxy) is 3. The minimum atomic E-state index is -0.838. The first-order valence-electron chi connectivity index (χ1n) is 7.31. The molecule has 0 bridgehead atoms. The van der Waals surface area contributed by atoms with E-state index in [-0.39, 0.29) is 11.3 Å². The lowest BCUT2D eigenvalue weighted by Crippen LogP contribution is -2.12. The van der Waals surface area contributed by atoms with E-state index >= 15 is 0 Å². The molecule has 0 unspecified atom stereocenters. The highest BCUT2D eigenvalue weighted by Crippen LogP contribution is 2.36. The van der Waals surface area contributed by atoms with Crippen molar-refractivity contribution in [1.29, 1.82) is 0 Å². The van der Waals surface area contributed by atoms with Crippen LogP contribution in [0.5, 0.6) is 23.0 Å². The standard InChI is InChI=1S/C18H15FN2O4/c1-23-16-8-12-14(9-17(16)24-2)21-6-5-15(12)25-10-3-4-11(18(20)22)13(19)7-10/h3-9H,1-2H3,(H2,20,22). The van der Waals surface area contributed by atoms with Gasteiger partial charge in [-0.25, -0.2) is 4.39 Å². The van der Waals surface area contributed by atoms with Gasteiger partial charge in [-0.3, -0.25) is 9.78 Å². The number of benzene rings is 2. The zero-order chi connectivity index (χ0) is 18.0. The van der Waals surface area contributed by atoms with E-state index in [4.69, 9.17) is 19.9 Å². The molecule has 0 spiro atoms. The molecule has 128 valence electrons. The van der Waals surface area contributed by atoms with Crippen molar-refractivity contribution in [3.05, 3.63) is 54.0 Å². The first-order valence-corrected chi connectivity index (χ1v) is 7.31. The van der Waals surface area contributed by atoms with Crippen molar-refractivity contribution in [3.63, 3.8) is 0 Å². The van der Waals surface area contributed by atoms with Gasteiger partial charge in [-0.1, -0.05) is 0 Å². The van der Waals surface area contributed by atoms with Gasteiger partial charge in [0.1, 0.15) is 17.3 Å². The summed E-state index contributed by atoms with van der Waals surface area (Å²) in [5.41, 5.74) is 5.53. The second-order valence-corrected chi connectivity index (χ2v) is 5.14. The summed E-state index contributed by atoms with van der Waals surface area (Å²) in [6, 6.07) is 8.94. The zero-order valence-corrected chi connectivity index (χ0v) is 13.6. The maximum absolute atomic E-state index is 13.9. The predicted octanol–water partition coefficient (Wildman–Crippen LogP) is 3.28. The summed E-state index contributed by atoms with van der Waals surface area (Å²) < 4.78 is 30.2. The molecule has 0 aliphatic carbocycles. The van der Waals surface area contributed by atoms with Crippen LogP contribution in [0.1, 0.15) is 10.4 Å². The molecule has 25 heavy (non-hydrogen) atoms. The topological polar surface area (TPSA) is 83.7 Å². The Bertz CT molecular complexity index is 959. The molecule has 7 heteroatoms. The summed E-state index contributed by atoms with van der Waals surface area (Å²) >= 11 is 0. The third-order valence-corrected chi connectivity index (χ3v) is 3.64. The molecule has 0 atom stereocenters. The van der Waals surface area contributed by atoms with Gasteiger partial charge in [0.05, 0.1) is 25.3 Å². The monoisotopic (exact) mass is 342 g/mol. The second kappa shape index (κ2) is 6.64. The highest BCUT2D eigenvalue weighted by Gasteiger charge is 2.13. The maximum atomic E-state index is 13.9. The Morgan fingerprint density at radius 3 is 2.40 bits per heavy atom. The number of aromatic nitrogens is 1. The number of carbonyl (C=O) groups is 1. The molecule has 0 fully saturated rings. The van der Waals surface area contributed by atoms with Crippen LogP contribution in [-0.2, 0) is 0 Å².